The van der Waals surface area contributed by atoms with Gasteiger partial charge in [0.25, 0.3) is 5.91 Å². The number of carbonyl (C=O) groups is 1. The molecular formula is C20H24N2O3. The summed E-state index contributed by atoms with van der Waals surface area (Å²) in [5.74, 6) is -0.106. The Morgan fingerprint density at radius 2 is 1.84 bits per heavy atom. The largest absolute Gasteiger partial charge is 0.508 e. The Morgan fingerprint density at radius 1 is 1.12 bits per heavy atom. The van der Waals surface area contributed by atoms with Crippen molar-refractivity contribution in [3.63, 3.8) is 0 Å². The lowest BCUT2D eigenvalue weighted by Crippen LogP contribution is -2.48. The van der Waals surface area contributed by atoms with Crippen molar-refractivity contribution in [3.8, 4) is 5.75 Å². The van der Waals surface area contributed by atoms with Gasteiger partial charge in [-0.15, -0.1) is 0 Å². The number of phenolic OH excluding ortho intramolecular Hbond substituents is 1. The van der Waals surface area contributed by atoms with Gasteiger partial charge in [-0.3, -0.25) is 9.69 Å². The fourth-order valence-corrected chi connectivity index (χ4v) is 3.21. The van der Waals surface area contributed by atoms with Crippen molar-refractivity contribution in [2.75, 3.05) is 13.1 Å². The second kappa shape index (κ2) is 8.14. The topological polar surface area (TPSA) is 72.8 Å². The molecule has 0 spiro atoms. The third-order valence-corrected chi connectivity index (χ3v) is 4.59. The molecule has 3 rings (SSSR count). The van der Waals surface area contributed by atoms with Crippen molar-refractivity contribution in [1.29, 1.82) is 0 Å². The molecule has 5 heteroatoms. The van der Waals surface area contributed by atoms with Gasteiger partial charge in [0.1, 0.15) is 5.75 Å². The summed E-state index contributed by atoms with van der Waals surface area (Å²) in [6.07, 6.45) is 1.02. The van der Waals surface area contributed by atoms with E-state index in [4.69, 9.17) is 0 Å². The number of phenols is 1. The number of nitrogens with zero attached hydrogens (tertiary/aromatic N) is 1. The van der Waals surface area contributed by atoms with E-state index in [0.29, 0.717) is 18.5 Å². The molecule has 132 valence electrons. The lowest BCUT2D eigenvalue weighted by atomic mass is 10.1. The van der Waals surface area contributed by atoms with E-state index < -0.39 is 6.10 Å². The van der Waals surface area contributed by atoms with Crippen molar-refractivity contribution in [2.24, 2.45) is 0 Å². The average molecular weight is 340 g/mol. The lowest BCUT2D eigenvalue weighted by Gasteiger charge is -2.27. The number of hydrogen-bond acceptors (Lipinski definition) is 4. The Bertz CT molecular complexity index is 688. The number of aromatic hydroxyl groups is 1. The number of carbonyl (C=O) groups excluding carboxylic acids is 1. The molecule has 3 N–H and O–H groups in total. The molecule has 1 fully saturated rings. The monoisotopic (exact) mass is 340 g/mol. The molecule has 0 aromatic heterocycles. The lowest BCUT2D eigenvalue weighted by molar-refractivity contribution is 0.0798. The van der Waals surface area contributed by atoms with E-state index in [1.165, 1.54) is 17.7 Å². The number of rotatable bonds is 4. The van der Waals surface area contributed by atoms with Crippen LogP contribution in [0.15, 0.2) is 54.6 Å². The van der Waals surface area contributed by atoms with Gasteiger partial charge in [-0.05, 0) is 49.2 Å². The summed E-state index contributed by atoms with van der Waals surface area (Å²) in [5, 5.41) is 22.7. The molecule has 1 saturated heterocycles. The first-order chi connectivity index (χ1) is 12.1. The highest BCUT2D eigenvalue weighted by Crippen LogP contribution is 2.16. The van der Waals surface area contributed by atoms with Crippen LogP contribution in [0, 0.1) is 0 Å². The van der Waals surface area contributed by atoms with Gasteiger partial charge in [0, 0.05) is 18.7 Å². The molecule has 0 radical (unpaired) electrons. The highest BCUT2D eigenvalue weighted by Gasteiger charge is 2.27. The van der Waals surface area contributed by atoms with E-state index in [2.05, 4.69) is 22.3 Å². The Kier molecular flexibility index (Phi) is 5.68. The summed E-state index contributed by atoms with van der Waals surface area (Å²) in [4.78, 5) is 14.7. The minimum absolute atomic E-state index is 0.125. The summed E-state index contributed by atoms with van der Waals surface area (Å²) in [5.41, 5.74) is 1.70. The van der Waals surface area contributed by atoms with Crippen LogP contribution in [0.3, 0.4) is 0 Å². The molecule has 5 nitrogen and oxygen atoms in total. The van der Waals surface area contributed by atoms with E-state index in [1.807, 2.05) is 18.2 Å². The number of benzene rings is 2. The third kappa shape index (κ3) is 4.81. The zero-order valence-corrected chi connectivity index (χ0v) is 14.1. The van der Waals surface area contributed by atoms with E-state index >= 15 is 0 Å². The molecule has 1 aliphatic rings. The van der Waals surface area contributed by atoms with Gasteiger partial charge in [0.15, 0.2) is 0 Å². The predicted molar refractivity (Wildman–Crippen MR) is 96.3 cm³/mol. The van der Waals surface area contributed by atoms with Crippen LogP contribution in [0.5, 0.6) is 5.75 Å². The SMILES string of the molecule is O=C(NC1CN(Cc2ccccc2)CCCC1O)c1ccc(O)cc1. The Labute approximate surface area is 147 Å². The number of likely N-dealkylation sites (tertiary alicyclic amines) is 1. The van der Waals surface area contributed by atoms with Crippen LogP contribution in [0.4, 0.5) is 0 Å². The first-order valence-corrected chi connectivity index (χ1v) is 8.66. The number of hydrogen-bond donors (Lipinski definition) is 3. The van der Waals surface area contributed by atoms with Crippen LogP contribution in [-0.4, -0.2) is 46.3 Å². The molecule has 1 amide bonds. The van der Waals surface area contributed by atoms with Crippen molar-refractivity contribution in [1.82, 2.24) is 10.2 Å². The molecule has 0 aliphatic carbocycles. The maximum Gasteiger partial charge on any atom is 0.251 e. The van der Waals surface area contributed by atoms with Crippen LogP contribution in [0.1, 0.15) is 28.8 Å². The average Bonchev–Trinajstić information content (AvgIpc) is 2.78. The molecule has 1 aliphatic heterocycles. The molecule has 1 heterocycles. The van der Waals surface area contributed by atoms with E-state index in [0.717, 1.165) is 19.5 Å². The normalized spacial score (nSPS) is 21.5. The molecular weight excluding hydrogens is 316 g/mol. The van der Waals surface area contributed by atoms with Crippen LogP contribution >= 0.6 is 0 Å². The first-order valence-electron chi connectivity index (χ1n) is 8.66. The molecule has 0 bridgehead atoms. The highest BCUT2D eigenvalue weighted by molar-refractivity contribution is 5.94. The Morgan fingerprint density at radius 3 is 2.56 bits per heavy atom. The molecule has 2 atom stereocenters. The van der Waals surface area contributed by atoms with Crippen LogP contribution in [0.2, 0.25) is 0 Å². The Balaban J connectivity index is 1.65. The second-order valence-electron chi connectivity index (χ2n) is 6.56. The first kappa shape index (κ1) is 17.5. The highest BCUT2D eigenvalue weighted by atomic mass is 16.3. The van der Waals surface area contributed by atoms with Gasteiger partial charge in [0.05, 0.1) is 12.1 Å². The fraction of sp³-hybridized carbons (Fsp3) is 0.350. The zero-order chi connectivity index (χ0) is 17.6. The maximum atomic E-state index is 12.4. The summed E-state index contributed by atoms with van der Waals surface area (Å²) < 4.78 is 0. The second-order valence-corrected chi connectivity index (χ2v) is 6.56. The van der Waals surface area contributed by atoms with Gasteiger partial charge in [-0.1, -0.05) is 30.3 Å². The summed E-state index contributed by atoms with van der Waals surface area (Å²) >= 11 is 0. The third-order valence-electron chi connectivity index (χ3n) is 4.59. The van der Waals surface area contributed by atoms with Crippen molar-refractivity contribution in [2.45, 2.75) is 31.5 Å². The number of amides is 1. The quantitative estimate of drug-likeness (QED) is 0.797. The van der Waals surface area contributed by atoms with Crippen molar-refractivity contribution in [3.05, 3.63) is 65.7 Å². The molecule has 0 saturated carbocycles. The van der Waals surface area contributed by atoms with Crippen molar-refractivity contribution >= 4 is 5.91 Å². The van der Waals surface area contributed by atoms with Gasteiger partial charge in [-0.2, -0.15) is 0 Å². The zero-order valence-electron chi connectivity index (χ0n) is 14.1. The van der Waals surface area contributed by atoms with Gasteiger partial charge in [0.2, 0.25) is 0 Å². The number of aliphatic hydroxyl groups is 1. The van der Waals surface area contributed by atoms with Gasteiger partial charge >= 0.3 is 0 Å². The summed E-state index contributed by atoms with van der Waals surface area (Å²) in [6.45, 7) is 2.32. The molecule has 25 heavy (non-hydrogen) atoms. The predicted octanol–water partition coefficient (Wildman–Crippen LogP) is 2.15. The van der Waals surface area contributed by atoms with Crippen molar-refractivity contribution < 1.29 is 15.0 Å². The van der Waals surface area contributed by atoms with Crippen LogP contribution in [0.25, 0.3) is 0 Å². The maximum absolute atomic E-state index is 12.4. The standard InChI is InChI=1S/C20H24N2O3/c23-17-10-8-16(9-11-17)20(25)21-18-14-22(12-4-7-19(18)24)13-15-5-2-1-3-6-15/h1-3,5-6,8-11,18-19,23-24H,4,7,12-14H2,(H,21,25). The van der Waals surface area contributed by atoms with Crippen LogP contribution < -0.4 is 5.32 Å². The summed E-state index contributed by atoms with van der Waals surface area (Å²) in [6, 6.07) is 16.0. The van der Waals surface area contributed by atoms with Crippen LogP contribution in [-0.2, 0) is 6.54 Å². The smallest absolute Gasteiger partial charge is 0.251 e. The van der Waals surface area contributed by atoms with E-state index in [-0.39, 0.29) is 17.7 Å². The minimum Gasteiger partial charge on any atom is -0.508 e. The Hall–Kier alpha value is -2.37. The summed E-state index contributed by atoms with van der Waals surface area (Å²) in [7, 11) is 0. The molecule has 2 aromatic rings. The molecule has 2 unspecified atom stereocenters. The van der Waals surface area contributed by atoms with Gasteiger partial charge < -0.3 is 15.5 Å². The number of nitrogens with one attached hydrogen (secondary N) is 1. The molecule has 2 aromatic carbocycles. The van der Waals surface area contributed by atoms with Gasteiger partial charge in [-0.25, -0.2) is 0 Å². The fourth-order valence-electron chi connectivity index (χ4n) is 3.21. The van der Waals surface area contributed by atoms with E-state index in [9.17, 15) is 15.0 Å². The minimum atomic E-state index is -0.554. The number of aliphatic hydroxyl groups excluding tert-OH is 1. The van der Waals surface area contributed by atoms with E-state index in [1.54, 1.807) is 12.1 Å².